The highest BCUT2D eigenvalue weighted by Crippen LogP contribution is 2.34. The van der Waals surface area contributed by atoms with Gasteiger partial charge in [0.15, 0.2) is 0 Å². The van der Waals surface area contributed by atoms with Gasteiger partial charge >= 0.3 is 6.18 Å². The van der Waals surface area contributed by atoms with E-state index < -0.39 is 23.7 Å². The number of carbonyl (C=O) groups excluding carboxylic acids is 1. The van der Waals surface area contributed by atoms with E-state index in [2.05, 4.69) is 5.32 Å². The second kappa shape index (κ2) is 7.50. The fraction of sp³-hybridized carbons (Fsp3) is 0.462. The predicted octanol–water partition coefficient (Wildman–Crippen LogP) is 3.50. The molecule has 0 heterocycles. The Hall–Kier alpha value is -1.27. The van der Waals surface area contributed by atoms with Crippen molar-refractivity contribution in [2.45, 2.75) is 38.9 Å². The van der Waals surface area contributed by atoms with Gasteiger partial charge < -0.3 is 11.1 Å². The van der Waals surface area contributed by atoms with Gasteiger partial charge in [-0.3, -0.25) is 4.79 Å². The van der Waals surface area contributed by atoms with E-state index in [4.69, 9.17) is 5.73 Å². The minimum atomic E-state index is -4.43. The van der Waals surface area contributed by atoms with Crippen LogP contribution < -0.4 is 11.1 Å². The zero-order valence-corrected chi connectivity index (χ0v) is 12.1. The summed E-state index contributed by atoms with van der Waals surface area (Å²) in [7, 11) is 0. The highest BCUT2D eigenvalue weighted by Gasteiger charge is 2.33. The maximum atomic E-state index is 12.7. The van der Waals surface area contributed by atoms with Gasteiger partial charge in [-0.15, -0.1) is 12.4 Å². The molecule has 1 unspecified atom stereocenters. The summed E-state index contributed by atoms with van der Waals surface area (Å²) in [4.78, 5) is 11.7. The van der Waals surface area contributed by atoms with Crippen LogP contribution in [0.15, 0.2) is 18.2 Å². The van der Waals surface area contributed by atoms with Crippen molar-refractivity contribution in [3.05, 3.63) is 29.3 Å². The largest absolute Gasteiger partial charge is 0.416 e. The summed E-state index contributed by atoms with van der Waals surface area (Å²) >= 11 is 0. The molecule has 0 fully saturated rings. The van der Waals surface area contributed by atoms with Crippen LogP contribution in [0.25, 0.3) is 0 Å². The molecule has 3 N–H and O–H groups in total. The molecule has 0 aliphatic heterocycles. The van der Waals surface area contributed by atoms with Crippen LogP contribution in [0.1, 0.15) is 30.9 Å². The molecule has 20 heavy (non-hydrogen) atoms. The standard InChI is InChI=1S/C13H17F3N2O.ClH/c1-3-5-10(17)12(19)18-11-7-4-6-9(8(11)2)13(14,15)16;/h4,6-7,10H,3,5,17H2,1-2H3,(H,18,19);1H. The van der Waals surface area contributed by atoms with Gasteiger partial charge in [0.25, 0.3) is 0 Å². The highest BCUT2D eigenvalue weighted by atomic mass is 35.5. The Labute approximate surface area is 122 Å². The van der Waals surface area contributed by atoms with Gasteiger partial charge in [-0.25, -0.2) is 0 Å². The van der Waals surface area contributed by atoms with Gasteiger partial charge in [0.1, 0.15) is 0 Å². The molecule has 1 amide bonds. The van der Waals surface area contributed by atoms with E-state index in [1.165, 1.54) is 19.1 Å². The van der Waals surface area contributed by atoms with E-state index in [0.29, 0.717) is 6.42 Å². The molecule has 7 heteroatoms. The van der Waals surface area contributed by atoms with Crippen LogP contribution in [0.3, 0.4) is 0 Å². The van der Waals surface area contributed by atoms with Crippen molar-refractivity contribution in [1.82, 2.24) is 0 Å². The number of alkyl halides is 3. The fourth-order valence-electron chi connectivity index (χ4n) is 1.75. The molecule has 1 rings (SSSR count). The summed E-state index contributed by atoms with van der Waals surface area (Å²) in [6, 6.07) is 2.97. The van der Waals surface area contributed by atoms with E-state index >= 15 is 0 Å². The summed E-state index contributed by atoms with van der Waals surface area (Å²) < 4.78 is 38.1. The number of carbonyl (C=O) groups is 1. The molecular weight excluding hydrogens is 293 g/mol. The first-order chi connectivity index (χ1) is 8.77. The quantitative estimate of drug-likeness (QED) is 0.894. The molecule has 1 aromatic rings. The lowest BCUT2D eigenvalue weighted by Gasteiger charge is -2.16. The third kappa shape index (κ3) is 4.68. The first kappa shape index (κ1) is 18.7. The second-order valence-electron chi connectivity index (χ2n) is 4.36. The second-order valence-corrected chi connectivity index (χ2v) is 4.36. The molecule has 1 aromatic carbocycles. The van der Waals surface area contributed by atoms with Crippen molar-refractivity contribution >= 4 is 24.0 Å². The molecule has 0 saturated heterocycles. The number of rotatable bonds is 4. The Morgan fingerprint density at radius 2 is 2.00 bits per heavy atom. The normalized spacial score (nSPS) is 12.5. The Morgan fingerprint density at radius 3 is 2.50 bits per heavy atom. The van der Waals surface area contributed by atoms with Gasteiger partial charge in [0, 0.05) is 5.69 Å². The summed E-state index contributed by atoms with van der Waals surface area (Å²) in [6.07, 6.45) is -3.21. The van der Waals surface area contributed by atoms with Crippen molar-refractivity contribution in [2.75, 3.05) is 5.32 Å². The molecule has 1 atom stereocenters. The third-order valence-corrected chi connectivity index (χ3v) is 2.83. The van der Waals surface area contributed by atoms with Crippen LogP contribution in [0.4, 0.5) is 18.9 Å². The van der Waals surface area contributed by atoms with Crippen LogP contribution in [-0.2, 0) is 11.0 Å². The molecule has 0 saturated carbocycles. The van der Waals surface area contributed by atoms with Crippen molar-refractivity contribution in [3.63, 3.8) is 0 Å². The fourth-order valence-corrected chi connectivity index (χ4v) is 1.75. The number of nitrogens with two attached hydrogens (primary N) is 1. The maximum Gasteiger partial charge on any atom is 0.416 e. The summed E-state index contributed by atoms with van der Waals surface area (Å²) in [5.74, 6) is -0.468. The Kier molecular flexibility index (Phi) is 7.02. The third-order valence-electron chi connectivity index (χ3n) is 2.83. The average Bonchev–Trinajstić information content (AvgIpc) is 2.30. The average molecular weight is 311 g/mol. The molecule has 0 aromatic heterocycles. The van der Waals surface area contributed by atoms with Crippen molar-refractivity contribution in [3.8, 4) is 0 Å². The van der Waals surface area contributed by atoms with E-state index in [1.807, 2.05) is 6.92 Å². The SMILES string of the molecule is CCCC(N)C(=O)Nc1cccc(C(F)(F)F)c1C.Cl. The van der Waals surface area contributed by atoms with Crippen molar-refractivity contribution < 1.29 is 18.0 Å². The molecular formula is C13H18ClF3N2O. The number of hydrogen-bond acceptors (Lipinski definition) is 2. The molecule has 114 valence electrons. The van der Waals surface area contributed by atoms with Crippen LogP contribution in [0, 0.1) is 6.92 Å². The van der Waals surface area contributed by atoms with Gasteiger partial charge in [-0.1, -0.05) is 19.4 Å². The molecule has 0 bridgehead atoms. The number of anilines is 1. The lowest BCUT2D eigenvalue weighted by Crippen LogP contribution is -2.35. The topological polar surface area (TPSA) is 55.1 Å². The molecule has 0 aliphatic carbocycles. The predicted molar refractivity (Wildman–Crippen MR) is 74.9 cm³/mol. The molecule has 0 aliphatic rings. The Morgan fingerprint density at radius 1 is 1.40 bits per heavy atom. The van der Waals surface area contributed by atoms with Gasteiger partial charge in [0.2, 0.25) is 5.91 Å². The smallest absolute Gasteiger partial charge is 0.324 e. The summed E-state index contributed by atoms with van der Waals surface area (Å²) in [6.45, 7) is 3.20. The van der Waals surface area contributed by atoms with Gasteiger partial charge in [-0.2, -0.15) is 13.2 Å². The van der Waals surface area contributed by atoms with Crippen molar-refractivity contribution in [1.29, 1.82) is 0 Å². The van der Waals surface area contributed by atoms with Gasteiger partial charge in [-0.05, 0) is 31.0 Å². The molecule has 0 spiro atoms. The highest BCUT2D eigenvalue weighted by molar-refractivity contribution is 5.95. The number of halogens is 4. The van der Waals surface area contributed by atoms with E-state index in [9.17, 15) is 18.0 Å². The lowest BCUT2D eigenvalue weighted by molar-refractivity contribution is -0.138. The summed E-state index contributed by atoms with van der Waals surface area (Å²) in [5, 5.41) is 2.44. The Bertz CT molecular complexity index is 463. The van der Waals surface area contributed by atoms with Crippen LogP contribution in [0.2, 0.25) is 0 Å². The number of amides is 1. The monoisotopic (exact) mass is 310 g/mol. The van der Waals surface area contributed by atoms with E-state index in [-0.39, 0.29) is 23.7 Å². The minimum Gasteiger partial charge on any atom is -0.324 e. The number of hydrogen-bond donors (Lipinski definition) is 2. The number of benzene rings is 1. The molecule has 0 radical (unpaired) electrons. The van der Waals surface area contributed by atoms with Crippen LogP contribution >= 0.6 is 12.4 Å². The molecule has 3 nitrogen and oxygen atoms in total. The minimum absolute atomic E-state index is 0. The number of nitrogens with one attached hydrogen (secondary N) is 1. The van der Waals surface area contributed by atoms with Crippen molar-refractivity contribution in [2.24, 2.45) is 5.73 Å². The zero-order chi connectivity index (χ0) is 14.6. The lowest BCUT2D eigenvalue weighted by atomic mass is 10.1. The maximum absolute atomic E-state index is 12.7. The van der Waals surface area contributed by atoms with E-state index in [1.54, 1.807) is 0 Å². The van der Waals surface area contributed by atoms with Gasteiger partial charge in [0.05, 0.1) is 11.6 Å². The first-order valence-corrected chi connectivity index (χ1v) is 6.00. The first-order valence-electron chi connectivity index (χ1n) is 6.00. The van der Waals surface area contributed by atoms with E-state index in [0.717, 1.165) is 12.5 Å². The zero-order valence-electron chi connectivity index (χ0n) is 11.3. The summed E-state index contributed by atoms with van der Waals surface area (Å²) in [5.41, 5.74) is 5.00. The van der Waals surface area contributed by atoms with Crippen LogP contribution in [-0.4, -0.2) is 11.9 Å². The van der Waals surface area contributed by atoms with Crippen LogP contribution in [0.5, 0.6) is 0 Å². The Balaban J connectivity index is 0.00000361.